The summed E-state index contributed by atoms with van der Waals surface area (Å²) in [5, 5.41) is 9.51. The molecule has 4 aromatic rings. The van der Waals surface area contributed by atoms with Gasteiger partial charge in [-0.25, -0.2) is 22.7 Å². The fourth-order valence-electron chi connectivity index (χ4n) is 4.21. The summed E-state index contributed by atoms with van der Waals surface area (Å²) < 4.78 is 43.1. The van der Waals surface area contributed by atoms with Gasteiger partial charge in [0.2, 0.25) is 16.0 Å². The van der Waals surface area contributed by atoms with Gasteiger partial charge in [-0.1, -0.05) is 31.2 Å². The van der Waals surface area contributed by atoms with Crippen LogP contribution < -0.4 is 18.5 Å². The second-order valence-electron chi connectivity index (χ2n) is 9.42. The molecule has 0 aliphatic heterocycles. The fourth-order valence-corrected chi connectivity index (χ4v) is 4.97. The van der Waals surface area contributed by atoms with E-state index in [0.29, 0.717) is 34.4 Å². The van der Waals surface area contributed by atoms with Crippen molar-refractivity contribution in [3.05, 3.63) is 101 Å². The number of phenolic OH excluding ortho intramolecular Hbond substituents is 1. The molecule has 40 heavy (non-hydrogen) atoms. The zero-order valence-corrected chi connectivity index (χ0v) is 23.8. The second-order valence-corrected chi connectivity index (χ2v) is 11.3. The minimum absolute atomic E-state index is 0.0136. The molecule has 4 rings (SSSR count). The Balaban J connectivity index is 1.43. The molecule has 1 heterocycles. The summed E-state index contributed by atoms with van der Waals surface area (Å²) in [4.78, 5) is 8.68. The Labute approximate surface area is 235 Å². The SMILES string of the molecule is COc1ccc(CN(c2nccc(COc3ccc(CC(C)c4ccc(O)cc4)cc3)n2)S(C)(=O)=O)c(OC)c1. The lowest BCUT2D eigenvalue weighted by Gasteiger charge is -2.22. The van der Waals surface area contributed by atoms with Crippen LogP contribution in [-0.2, 0) is 29.6 Å². The first-order valence-electron chi connectivity index (χ1n) is 12.7. The molecule has 0 radical (unpaired) electrons. The standard InChI is InChI=1S/C30H33N3O6S/c1-21(23-7-10-26(34)11-8-23)17-22-5-12-27(13-6-22)39-20-25-15-16-31-30(32-25)33(40(4,35)36)19-24-9-14-28(37-2)18-29(24)38-3/h5-16,18,21,34H,17,19-20H2,1-4H3. The first kappa shape index (κ1) is 28.7. The third-order valence-electron chi connectivity index (χ3n) is 6.45. The van der Waals surface area contributed by atoms with E-state index in [2.05, 4.69) is 16.9 Å². The van der Waals surface area contributed by atoms with Gasteiger partial charge in [0, 0.05) is 17.8 Å². The summed E-state index contributed by atoms with van der Waals surface area (Å²) >= 11 is 0. The van der Waals surface area contributed by atoms with E-state index in [-0.39, 0.29) is 24.8 Å². The lowest BCUT2D eigenvalue weighted by molar-refractivity contribution is 0.301. The summed E-state index contributed by atoms with van der Waals surface area (Å²) in [5.41, 5.74) is 3.49. The Kier molecular flexibility index (Phi) is 9.11. The van der Waals surface area contributed by atoms with E-state index in [1.807, 2.05) is 36.4 Å². The second kappa shape index (κ2) is 12.7. The van der Waals surface area contributed by atoms with E-state index in [9.17, 15) is 13.5 Å². The van der Waals surface area contributed by atoms with Crippen molar-refractivity contribution in [2.24, 2.45) is 0 Å². The third kappa shape index (κ3) is 7.41. The first-order chi connectivity index (χ1) is 19.2. The number of sulfonamides is 1. The summed E-state index contributed by atoms with van der Waals surface area (Å²) in [6.45, 7) is 2.27. The monoisotopic (exact) mass is 563 g/mol. The molecule has 1 unspecified atom stereocenters. The van der Waals surface area contributed by atoms with Gasteiger partial charge in [-0.3, -0.25) is 0 Å². The molecule has 0 bridgehead atoms. The Morgan fingerprint density at radius 3 is 2.27 bits per heavy atom. The third-order valence-corrected chi connectivity index (χ3v) is 7.54. The molecule has 0 spiro atoms. The van der Waals surface area contributed by atoms with Gasteiger partial charge in [0.25, 0.3) is 0 Å². The van der Waals surface area contributed by atoms with Gasteiger partial charge in [0.05, 0.1) is 32.7 Å². The van der Waals surface area contributed by atoms with Crippen LogP contribution in [0.4, 0.5) is 5.95 Å². The van der Waals surface area contributed by atoms with E-state index in [1.54, 1.807) is 43.5 Å². The number of benzene rings is 3. The normalized spacial score (nSPS) is 12.0. The van der Waals surface area contributed by atoms with Crippen LogP contribution in [0, 0.1) is 0 Å². The summed E-state index contributed by atoms with van der Waals surface area (Å²) in [6, 6.07) is 22.0. The van der Waals surface area contributed by atoms with Crippen LogP contribution in [0.15, 0.2) is 79.0 Å². The van der Waals surface area contributed by atoms with Crippen molar-refractivity contribution >= 4 is 16.0 Å². The first-order valence-corrected chi connectivity index (χ1v) is 14.5. The largest absolute Gasteiger partial charge is 0.508 e. The number of hydrogen-bond acceptors (Lipinski definition) is 8. The van der Waals surface area contributed by atoms with Crippen molar-refractivity contribution in [2.45, 2.75) is 32.4 Å². The van der Waals surface area contributed by atoms with Crippen LogP contribution in [-0.4, -0.2) is 44.0 Å². The Hall–Kier alpha value is -4.31. The van der Waals surface area contributed by atoms with Gasteiger partial charge in [0.15, 0.2) is 0 Å². The highest BCUT2D eigenvalue weighted by Gasteiger charge is 2.23. The number of ether oxygens (including phenoxy) is 3. The van der Waals surface area contributed by atoms with E-state index in [1.165, 1.54) is 13.3 Å². The Bertz CT molecular complexity index is 1530. The maximum absolute atomic E-state index is 12.7. The minimum atomic E-state index is -3.71. The molecule has 0 saturated carbocycles. The average molecular weight is 564 g/mol. The predicted octanol–water partition coefficient (Wildman–Crippen LogP) is 5.09. The number of nitrogens with zero attached hydrogens (tertiary/aromatic N) is 3. The number of aromatic nitrogens is 2. The van der Waals surface area contributed by atoms with E-state index < -0.39 is 10.0 Å². The fraction of sp³-hybridized carbons (Fsp3) is 0.267. The van der Waals surface area contributed by atoms with Crippen molar-refractivity contribution in [2.75, 3.05) is 24.8 Å². The van der Waals surface area contributed by atoms with Crippen molar-refractivity contribution < 1.29 is 27.7 Å². The molecule has 3 aromatic carbocycles. The number of phenols is 1. The van der Waals surface area contributed by atoms with E-state index in [4.69, 9.17) is 14.2 Å². The molecule has 0 saturated heterocycles. The topological polar surface area (TPSA) is 111 Å². The summed E-state index contributed by atoms with van der Waals surface area (Å²) in [6.07, 6.45) is 3.47. The molecular weight excluding hydrogens is 530 g/mol. The van der Waals surface area contributed by atoms with Crippen LogP contribution in [0.2, 0.25) is 0 Å². The van der Waals surface area contributed by atoms with Gasteiger partial charge in [0.1, 0.15) is 29.6 Å². The molecule has 0 aliphatic carbocycles. The smallest absolute Gasteiger partial charge is 0.239 e. The van der Waals surface area contributed by atoms with Crippen molar-refractivity contribution in [1.29, 1.82) is 0 Å². The lowest BCUT2D eigenvalue weighted by Crippen LogP contribution is -2.31. The van der Waals surface area contributed by atoms with E-state index >= 15 is 0 Å². The molecule has 1 atom stereocenters. The highest BCUT2D eigenvalue weighted by molar-refractivity contribution is 7.92. The zero-order chi connectivity index (χ0) is 28.7. The molecule has 1 N–H and O–H groups in total. The van der Waals surface area contributed by atoms with Crippen molar-refractivity contribution in [3.8, 4) is 23.0 Å². The van der Waals surface area contributed by atoms with Crippen LogP contribution in [0.3, 0.4) is 0 Å². The summed E-state index contributed by atoms with van der Waals surface area (Å²) in [7, 11) is -0.646. The molecule has 0 fully saturated rings. The van der Waals surface area contributed by atoms with Crippen LogP contribution >= 0.6 is 0 Å². The van der Waals surface area contributed by atoms with Gasteiger partial charge in [-0.2, -0.15) is 0 Å². The van der Waals surface area contributed by atoms with Crippen LogP contribution in [0.1, 0.15) is 35.2 Å². The molecule has 0 amide bonds. The average Bonchev–Trinajstić information content (AvgIpc) is 2.95. The molecule has 9 nitrogen and oxygen atoms in total. The summed E-state index contributed by atoms with van der Waals surface area (Å²) in [5.74, 6) is 2.36. The molecule has 1 aromatic heterocycles. The molecular formula is C30H33N3O6S. The van der Waals surface area contributed by atoms with E-state index in [0.717, 1.165) is 28.1 Å². The van der Waals surface area contributed by atoms with Gasteiger partial charge >= 0.3 is 0 Å². The Morgan fingerprint density at radius 1 is 0.925 bits per heavy atom. The predicted molar refractivity (Wildman–Crippen MR) is 154 cm³/mol. The highest BCUT2D eigenvalue weighted by Crippen LogP contribution is 2.28. The number of methoxy groups -OCH3 is 2. The number of hydrogen-bond donors (Lipinski definition) is 1. The lowest BCUT2D eigenvalue weighted by atomic mass is 9.94. The maximum atomic E-state index is 12.7. The number of aromatic hydroxyl groups is 1. The molecule has 10 heteroatoms. The van der Waals surface area contributed by atoms with Crippen LogP contribution in [0.25, 0.3) is 0 Å². The molecule has 0 aliphatic rings. The minimum Gasteiger partial charge on any atom is -0.508 e. The van der Waals surface area contributed by atoms with Crippen molar-refractivity contribution in [1.82, 2.24) is 9.97 Å². The van der Waals surface area contributed by atoms with Gasteiger partial charge in [-0.15, -0.1) is 0 Å². The number of anilines is 1. The highest BCUT2D eigenvalue weighted by atomic mass is 32.2. The van der Waals surface area contributed by atoms with Gasteiger partial charge < -0.3 is 19.3 Å². The Morgan fingerprint density at radius 2 is 1.62 bits per heavy atom. The number of rotatable bonds is 12. The van der Waals surface area contributed by atoms with Crippen LogP contribution in [0.5, 0.6) is 23.0 Å². The maximum Gasteiger partial charge on any atom is 0.239 e. The molecule has 210 valence electrons. The quantitative estimate of drug-likeness (QED) is 0.254. The van der Waals surface area contributed by atoms with Crippen molar-refractivity contribution in [3.63, 3.8) is 0 Å². The zero-order valence-electron chi connectivity index (χ0n) is 22.9. The van der Waals surface area contributed by atoms with Gasteiger partial charge in [-0.05, 0) is 65.9 Å².